The summed E-state index contributed by atoms with van der Waals surface area (Å²) < 4.78 is 33.5. The van der Waals surface area contributed by atoms with Crippen molar-refractivity contribution in [2.75, 3.05) is 20.8 Å². The number of aliphatic carboxylic acids is 2. The zero-order chi connectivity index (χ0) is 30.6. The lowest BCUT2D eigenvalue weighted by atomic mass is 10.0. The average molecular weight is 617 g/mol. The fourth-order valence-electron chi connectivity index (χ4n) is 4.41. The first kappa shape index (κ1) is 30.9. The van der Waals surface area contributed by atoms with Crippen LogP contribution in [0.4, 0.5) is 4.39 Å². The largest absolute Gasteiger partial charge is 0.496 e. The molecule has 9 nitrogen and oxygen atoms in total. The van der Waals surface area contributed by atoms with Gasteiger partial charge >= 0.3 is 11.9 Å². The lowest BCUT2D eigenvalue weighted by Gasteiger charge is -2.13. The molecule has 2 aromatic heterocycles. The highest BCUT2D eigenvalue weighted by Crippen LogP contribution is 2.40. The van der Waals surface area contributed by atoms with Crippen molar-refractivity contribution in [2.45, 2.75) is 39.0 Å². The molecule has 0 bridgehead atoms. The van der Waals surface area contributed by atoms with Gasteiger partial charge in [0.1, 0.15) is 5.75 Å². The molecule has 1 atom stereocenters. The lowest BCUT2D eigenvalue weighted by molar-refractivity contribution is -0.141. The molecule has 2 N–H and O–H groups in total. The van der Waals surface area contributed by atoms with Crippen molar-refractivity contribution >= 4 is 66.4 Å². The van der Waals surface area contributed by atoms with Gasteiger partial charge in [-0.2, -0.15) is 0 Å². The third-order valence-electron chi connectivity index (χ3n) is 6.69. The fourth-order valence-corrected chi connectivity index (χ4v) is 6.48. The van der Waals surface area contributed by atoms with Crippen LogP contribution < -0.4 is 14.2 Å². The van der Waals surface area contributed by atoms with Crippen molar-refractivity contribution in [2.24, 2.45) is 5.92 Å². The number of methoxy groups -OCH3 is 2. The molecule has 0 saturated carbocycles. The van der Waals surface area contributed by atoms with E-state index in [1.165, 1.54) is 31.4 Å². The molecule has 1 unspecified atom stereocenters. The SMILES string of the molecule is COc1cc2sc(C(=O)CCC(=O)O)cc2cc1CCCOc1c(OC)cc2sc(C(=O)CC(C)C(=O)O)cc2c1F. The predicted octanol–water partition coefficient (Wildman–Crippen LogP) is 6.62. The van der Waals surface area contributed by atoms with Gasteiger partial charge in [0.25, 0.3) is 0 Å². The van der Waals surface area contributed by atoms with Crippen molar-refractivity contribution in [3.63, 3.8) is 0 Å². The Labute approximate surface area is 248 Å². The van der Waals surface area contributed by atoms with Gasteiger partial charge in [-0.15, -0.1) is 22.7 Å². The standard InChI is InChI=1S/C30H29FO9S2/c1-15(30(36)37)9-20(33)26-12-18-24(42-26)14-22(39-3)29(28(18)31)40-8-4-5-16-10-17-11-25(19(32)6-7-27(34)35)41-23(17)13-21(16)38-2/h10-15H,4-9H2,1-3H3,(H,34,35)(H,36,37). The van der Waals surface area contributed by atoms with E-state index >= 15 is 4.39 Å². The van der Waals surface area contributed by atoms with Crippen LogP contribution in [0.2, 0.25) is 0 Å². The Morgan fingerprint density at radius 1 is 0.881 bits per heavy atom. The Hall–Kier alpha value is -4.03. The number of carbonyl (C=O) groups excluding carboxylic acids is 2. The number of carbonyl (C=O) groups is 4. The maximum Gasteiger partial charge on any atom is 0.306 e. The Morgan fingerprint density at radius 2 is 1.55 bits per heavy atom. The highest BCUT2D eigenvalue weighted by atomic mass is 32.1. The van der Waals surface area contributed by atoms with E-state index in [1.54, 1.807) is 19.2 Å². The van der Waals surface area contributed by atoms with Gasteiger partial charge in [-0.05, 0) is 48.1 Å². The van der Waals surface area contributed by atoms with Crippen LogP contribution in [0.5, 0.6) is 17.2 Å². The summed E-state index contributed by atoms with van der Waals surface area (Å²) in [7, 11) is 2.94. The van der Waals surface area contributed by atoms with Gasteiger partial charge in [0, 0.05) is 33.7 Å². The number of hydrogen-bond acceptors (Lipinski definition) is 9. The first-order chi connectivity index (χ1) is 20.0. The van der Waals surface area contributed by atoms with Gasteiger partial charge in [-0.1, -0.05) is 6.92 Å². The molecule has 0 saturated heterocycles. The number of carboxylic acids is 2. The van der Waals surface area contributed by atoms with Crippen LogP contribution in [-0.2, 0) is 16.0 Å². The van der Waals surface area contributed by atoms with E-state index in [2.05, 4.69) is 0 Å². The van der Waals surface area contributed by atoms with Crippen LogP contribution in [0.3, 0.4) is 0 Å². The quantitative estimate of drug-likeness (QED) is 0.111. The Balaban J connectivity index is 1.47. The zero-order valence-electron chi connectivity index (χ0n) is 23.2. The van der Waals surface area contributed by atoms with Crippen molar-refractivity contribution in [3.05, 3.63) is 51.5 Å². The van der Waals surface area contributed by atoms with Crippen molar-refractivity contribution in [1.29, 1.82) is 0 Å². The molecule has 0 radical (unpaired) electrons. The molecule has 0 amide bonds. The minimum absolute atomic E-state index is 0.0672. The minimum Gasteiger partial charge on any atom is -0.496 e. The molecule has 2 heterocycles. The molecule has 4 aromatic rings. The second kappa shape index (κ2) is 13.3. The molecule has 12 heteroatoms. The summed E-state index contributed by atoms with van der Waals surface area (Å²) in [5.41, 5.74) is 0.871. The number of ether oxygens (including phenoxy) is 3. The molecule has 0 aliphatic heterocycles. The molecule has 4 rings (SSSR count). The topological polar surface area (TPSA) is 136 Å². The molecule has 0 fully saturated rings. The number of rotatable bonds is 15. The molecular formula is C30H29FO9S2. The number of benzene rings is 2. The number of thiophene rings is 2. The maximum atomic E-state index is 15.5. The van der Waals surface area contributed by atoms with E-state index in [1.807, 2.05) is 12.1 Å². The van der Waals surface area contributed by atoms with E-state index < -0.39 is 23.7 Å². The summed E-state index contributed by atoms with van der Waals surface area (Å²) in [5.74, 6) is -3.48. The summed E-state index contributed by atoms with van der Waals surface area (Å²) in [5, 5.41) is 19.0. The first-order valence-electron chi connectivity index (χ1n) is 13.1. The summed E-state index contributed by atoms with van der Waals surface area (Å²) in [6.07, 6.45) is 0.549. The van der Waals surface area contributed by atoms with Gasteiger partial charge in [-0.3, -0.25) is 19.2 Å². The lowest BCUT2D eigenvalue weighted by Crippen LogP contribution is -2.13. The highest BCUT2D eigenvalue weighted by molar-refractivity contribution is 7.21. The number of ketones is 2. The van der Waals surface area contributed by atoms with E-state index in [9.17, 15) is 19.2 Å². The summed E-state index contributed by atoms with van der Waals surface area (Å²) in [6.45, 7) is 1.59. The first-order valence-corrected chi connectivity index (χ1v) is 14.7. The minimum atomic E-state index is -1.08. The predicted molar refractivity (Wildman–Crippen MR) is 157 cm³/mol. The third kappa shape index (κ3) is 6.88. The van der Waals surface area contributed by atoms with Crippen LogP contribution in [-0.4, -0.2) is 54.5 Å². The van der Waals surface area contributed by atoms with Gasteiger partial charge < -0.3 is 24.4 Å². The smallest absolute Gasteiger partial charge is 0.306 e. The number of aryl methyl sites for hydroxylation is 1. The highest BCUT2D eigenvalue weighted by Gasteiger charge is 2.23. The third-order valence-corrected chi connectivity index (χ3v) is 8.95. The van der Waals surface area contributed by atoms with Crippen molar-refractivity contribution in [1.82, 2.24) is 0 Å². The summed E-state index contributed by atoms with van der Waals surface area (Å²) >= 11 is 2.36. The molecule has 2 aromatic carbocycles. The van der Waals surface area contributed by atoms with Crippen molar-refractivity contribution < 1.29 is 48.0 Å². The van der Waals surface area contributed by atoms with E-state index in [-0.39, 0.29) is 59.2 Å². The van der Waals surface area contributed by atoms with Crippen LogP contribution in [0.15, 0.2) is 30.3 Å². The van der Waals surface area contributed by atoms with Gasteiger partial charge in [0.15, 0.2) is 28.9 Å². The zero-order valence-corrected chi connectivity index (χ0v) is 24.8. The van der Waals surface area contributed by atoms with E-state index in [0.717, 1.165) is 27.0 Å². The Kier molecular flexibility index (Phi) is 9.79. The van der Waals surface area contributed by atoms with Crippen molar-refractivity contribution in [3.8, 4) is 17.2 Å². The monoisotopic (exact) mass is 616 g/mol. The van der Waals surface area contributed by atoms with Gasteiger partial charge in [-0.25, -0.2) is 4.39 Å². The average Bonchev–Trinajstić information content (AvgIpc) is 3.58. The van der Waals surface area contributed by atoms with Crippen LogP contribution in [0, 0.1) is 11.7 Å². The number of halogens is 1. The maximum absolute atomic E-state index is 15.5. The number of fused-ring (bicyclic) bond motifs is 2. The van der Waals surface area contributed by atoms with Gasteiger partial charge in [0.2, 0.25) is 0 Å². The number of hydrogen-bond donors (Lipinski definition) is 2. The van der Waals surface area contributed by atoms with Crippen LogP contribution >= 0.6 is 22.7 Å². The summed E-state index contributed by atoms with van der Waals surface area (Å²) in [6, 6.07) is 8.52. The summed E-state index contributed by atoms with van der Waals surface area (Å²) in [4.78, 5) is 47.6. The Bertz CT molecular complexity index is 1670. The van der Waals surface area contributed by atoms with Gasteiger partial charge in [0.05, 0.1) is 42.9 Å². The molecule has 42 heavy (non-hydrogen) atoms. The Morgan fingerprint density at radius 3 is 2.21 bits per heavy atom. The number of Topliss-reactive ketones (excluding diaryl/α,β-unsaturated/α-hetero) is 2. The fraction of sp³-hybridized carbons (Fsp3) is 0.333. The molecule has 0 aliphatic carbocycles. The second-order valence-corrected chi connectivity index (χ2v) is 11.9. The van der Waals surface area contributed by atoms with Crippen LogP contribution in [0.1, 0.15) is 57.5 Å². The number of carboxylic acid groups (broad SMARTS) is 2. The molecular weight excluding hydrogens is 587 g/mol. The normalized spacial score (nSPS) is 11.9. The molecule has 0 aliphatic rings. The van der Waals surface area contributed by atoms with Crippen LogP contribution in [0.25, 0.3) is 20.2 Å². The van der Waals surface area contributed by atoms with E-state index in [4.69, 9.17) is 24.4 Å². The molecule has 0 spiro atoms. The molecule has 222 valence electrons. The second-order valence-electron chi connectivity index (χ2n) is 9.69. The van der Waals surface area contributed by atoms with E-state index in [0.29, 0.717) is 28.2 Å².